The fourth-order valence-corrected chi connectivity index (χ4v) is 3.56. The fraction of sp³-hybridized carbons (Fsp3) is 0.435. The van der Waals surface area contributed by atoms with Gasteiger partial charge in [-0.15, -0.1) is 0 Å². The number of ether oxygens (including phenoxy) is 1. The van der Waals surface area contributed by atoms with Gasteiger partial charge in [-0.25, -0.2) is 0 Å². The standard InChI is InChI=1S/C23H27F3O3/c1-4-5-11-19-16(14-27)9-8-13-29-15-18(21(28)22(19,2)3)17-10-6-7-12-20(17)23(24,25)26/h5-12,18,27H,4,13-15H2,1-3H3/b9-8-,11-5-,19-16+. The lowest BCUT2D eigenvalue weighted by Crippen LogP contribution is -2.35. The molecule has 1 atom stereocenters. The van der Waals surface area contributed by atoms with Crippen LogP contribution in [0.2, 0.25) is 0 Å². The van der Waals surface area contributed by atoms with Crippen LogP contribution in [0.4, 0.5) is 13.2 Å². The van der Waals surface area contributed by atoms with E-state index in [1.54, 1.807) is 32.1 Å². The van der Waals surface area contributed by atoms with Crippen molar-refractivity contribution in [2.24, 2.45) is 5.41 Å². The molecule has 1 aliphatic heterocycles. The van der Waals surface area contributed by atoms with E-state index < -0.39 is 23.1 Å². The summed E-state index contributed by atoms with van der Waals surface area (Å²) in [5.41, 5.74) is -0.909. The summed E-state index contributed by atoms with van der Waals surface area (Å²) >= 11 is 0. The molecule has 2 rings (SSSR count). The smallest absolute Gasteiger partial charge is 0.392 e. The SMILES string of the molecule is CC\C=C/C1=C(CO)/C=C\COCC(c2ccccc2C(F)(F)F)C(=O)C1(C)C. The molecular weight excluding hydrogens is 381 g/mol. The minimum Gasteiger partial charge on any atom is -0.392 e. The second-order valence-corrected chi connectivity index (χ2v) is 7.47. The highest BCUT2D eigenvalue weighted by Gasteiger charge is 2.42. The van der Waals surface area contributed by atoms with E-state index in [1.165, 1.54) is 18.2 Å². The zero-order valence-electron chi connectivity index (χ0n) is 16.9. The molecule has 0 saturated heterocycles. The molecule has 3 nitrogen and oxygen atoms in total. The molecule has 29 heavy (non-hydrogen) atoms. The normalized spacial score (nSPS) is 24.7. The van der Waals surface area contributed by atoms with E-state index in [1.807, 2.05) is 13.0 Å². The lowest BCUT2D eigenvalue weighted by Gasteiger charge is -2.32. The third-order valence-electron chi connectivity index (χ3n) is 5.10. The summed E-state index contributed by atoms with van der Waals surface area (Å²) in [5, 5.41) is 9.85. The van der Waals surface area contributed by atoms with Gasteiger partial charge >= 0.3 is 6.18 Å². The van der Waals surface area contributed by atoms with Crippen LogP contribution in [0.15, 0.2) is 59.7 Å². The number of alkyl halides is 3. The van der Waals surface area contributed by atoms with Crippen molar-refractivity contribution in [2.75, 3.05) is 19.8 Å². The van der Waals surface area contributed by atoms with Gasteiger partial charge in [0, 0.05) is 5.41 Å². The molecule has 0 amide bonds. The van der Waals surface area contributed by atoms with Gasteiger partial charge in [0.25, 0.3) is 0 Å². The zero-order valence-corrected chi connectivity index (χ0v) is 16.9. The van der Waals surface area contributed by atoms with Crippen molar-refractivity contribution >= 4 is 5.78 Å². The van der Waals surface area contributed by atoms with Gasteiger partial charge in [-0.3, -0.25) is 4.79 Å². The van der Waals surface area contributed by atoms with Crippen LogP contribution in [0.3, 0.4) is 0 Å². The molecule has 1 unspecified atom stereocenters. The van der Waals surface area contributed by atoms with Gasteiger partial charge in [0.1, 0.15) is 0 Å². The molecule has 0 aliphatic carbocycles. The van der Waals surface area contributed by atoms with Crippen LogP contribution in [0.25, 0.3) is 0 Å². The van der Waals surface area contributed by atoms with E-state index >= 15 is 0 Å². The predicted molar refractivity (Wildman–Crippen MR) is 106 cm³/mol. The Bertz CT molecular complexity index is 817. The second-order valence-electron chi connectivity index (χ2n) is 7.47. The van der Waals surface area contributed by atoms with Gasteiger partial charge in [0.15, 0.2) is 5.78 Å². The first-order valence-corrected chi connectivity index (χ1v) is 9.60. The summed E-state index contributed by atoms with van der Waals surface area (Å²) < 4.78 is 46.3. The summed E-state index contributed by atoms with van der Waals surface area (Å²) in [7, 11) is 0. The maximum atomic E-state index is 13.6. The van der Waals surface area contributed by atoms with Crippen molar-refractivity contribution in [3.63, 3.8) is 0 Å². The highest BCUT2D eigenvalue weighted by Crippen LogP contribution is 2.41. The summed E-state index contributed by atoms with van der Waals surface area (Å²) in [6.07, 6.45) is 3.20. The number of rotatable bonds is 4. The average Bonchev–Trinajstić information content (AvgIpc) is 2.67. The molecule has 158 valence electrons. The van der Waals surface area contributed by atoms with Gasteiger partial charge in [0.2, 0.25) is 0 Å². The third-order valence-corrected chi connectivity index (χ3v) is 5.10. The number of halogens is 3. The van der Waals surface area contributed by atoms with Crippen LogP contribution in [0.1, 0.15) is 44.2 Å². The highest BCUT2D eigenvalue weighted by molar-refractivity contribution is 5.94. The first kappa shape index (κ1) is 23.1. The van der Waals surface area contributed by atoms with Gasteiger partial charge in [-0.05, 0) is 43.0 Å². The van der Waals surface area contributed by atoms with Crippen molar-refractivity contribution in [1.29, 1.82) is 0 Å². The van der Waals surface area contributed by atoms with Crippen LogP contribution >= 0.6 is 0 Å². The van der Waals surface area contributed by atoms with Crippen molar-refractivity contribution in [1.82, 2.24) is 0 Å². The third kappa shape index (κ3) is 5.25. The molecule has 0 aromatic heterocycles. The number of carbonyl (C=O) groups is 1. The first-order chi connectivity index (χ1) is 13.6. The van der Waals surface area contributed by atoms with Crippen LogP contribution in [-0.4, -0.2) is 30.7 Å². The van der Waals surface area contributed by atoms with Gasteiger partial charge < -0.3 is 9.84 Å². The molecule has 1 aromatic carbocycles. The van der Waals surface area contributed by atoms with Crippen LogP contribution < -0.4 is 0 Å². The topological polar surface area (TPSA) is 46.5 Å². The van der Waals surface area contributed by atoms with Crippen molar-refractivity contribution in [3.05, 3.63) is 70.8 Å². The number of hydrogen-bond donors (Lipinski definition) is 1. The number of allylic oxidation sites excluding steroid dienone is 3. The van der Waals surface area contributed by atoms with Crippen LogP contribution in [0.5, 0.6) is 0 Å². The average molecular weight is 408 g/mol. The number of aliphatic hydroxyl groups excluding tert-OH is 1. The van der Waals surface area contributed by atoms with E-state index in [-0.39, 0.29) is 31.2 Å². The molecule has 0 saturated carbocycles. The Morgan fingerprint density at radius 2 is 1.97 bits per heavy atom. The summed E-state index contributed by atoms with van der Waals surface area (Å²) in [6.45, 7) is 4.99. The minimum atomic E-state index is -4.58. The molecule has 0 bridgehead atoms. The van der Waals surface area contributed by atoms with Crippen molar-refractivity contribution in [3.8, 4) is 0 Å². The summed E-state index contributed by atoms with van der Waals surface area (Å²) in [4.78, 5) is 13.6. The summed E-state index contributed by atoms with van der Waals surface area (Å²) in [6, 6.07) is 5.13. The van der Waals surface area contributed by atoms with Gasteiger partial charge in [-0.2, -0.15) is 13.2 Å². The minimum absolute atomic E-state index is 0.0907. The monoisotopic (exact) mass is 408 g/mol. The number of Topliss-reactive ketones (excluding diaryl/α,β-unsaturated/α-hetero) is 1. The number of hydrogen-bond acceptors (Lipinski definition) is 3. The molecule has 1 N–H and O–H groups in total. The Labute approximate surface area is 169 Å². The first-order valence-electron chi connectivity index (χ1n) is 9.60. The largest absolute Gasteiger partial charge is 0.416 e. The highest BCUT2D eigenvalue weighted by atomic mass is 19.4. The zero-order chi connectivity index (χ0) is 21.7. The van der Waals surface area contributed by atoms with Gasteiger partial charge in [-0.1, -0.05) is 49.4 Å². The molecule has 0 radical (unpaired) electrons. The number of benzene rings is 1. The number of ketones is 1. The Morgan fingerprint density at radius 3 is 2.59 bits per heavy atom. The Hall–Kier alpha value is -2.18. The van der Waals surface area contributed by atoms with E-state index in [0.29, 0.717) is 11.1 Å². The molecule has 6 heteroatoms. The number of aliphatic hydroxyl groups is 1. The molecule has 1 aromatic rings. The van der Waals surface area contributed by atoms with E-state index in [2.05, 4.69) is 0 Å². The van der Waals surface area contributed by atoms with Gasteiger partial charge in [0.05, 0.1) is 31.3 Å². The fourth-order valence-electron chi connectivity index (χ4n) is 3.56. The lowest BCUT2D eigenvalue weighted by atomic mass is 9.71. The molecule has 1 aliphatic rings. The molecule has 0 fully saturated rings. The van der Waals surface area contributed by atoms with E-state index in [0.717, 1.165) is 12.5 Å². The lowest BCUT2D eigenvalue weighted by molar-refractivity contribution is -0.139. The summed E-state index contributed by atoms with van der Waals surface area (Å²) in [5.74, 6) is -1.47. The van der Waals surface area contributed by atoms with Crippen LogP contribution in [0, 0.1) is 5.41 Å². The Morgan fingerprint density at radius 1 is 1.28 bits per heavy atom. The Balaban J connectivity index is 2.66. The number of carbonyl (C=O) groups excluding carboxylic acids is 1. The molecular formula is C23H27F3O3. The predicted octanol–water partition coefficient (Wildman–Crippen LogP) is 5.23. The maximum Gasteiger partial charge on any atom is 0.416 e. The molecule has 0 spiro atoms. The molecule has 1 heterocycles. The van der Waals surface area contributed by atoms with E-state index in [4.69, 9.17) is 4.74 Å². The van der Waals surface area contributed by atoms with Crippen molar-refractivity contribution < 1.29 is 27.8 Å². The van der Waals surface area contributed by atoms with Crippen LogP contribution in [-0.2, 0) is 15.7 Å². The second kappa shape index (κ2) is 9.55. The Kier molecular flexibility index (Phi) is 7.60. The maximum absolute atomic E-state index is 13.6. The quantitative estimate of drug-likeness (QED) is 0.743. The van der Waals surface area contributed by atoms with E-state index in [9.17, 15) is 23.1 Å². The van der Waals surface area contributed by atoms with Crippen molar-refractivity contribution in [2.45, 2.75) is 39.3 Å².